The molecule has 0 aliphatic rings. The van der Waals surface area contributed by atoms with Crippen LogP contribution in [0, 0.1) is 13.8 Å². The summed E-state index contributed by atoms with van der Waals surface area (Å²) in [6.07, 6.45) is 3.89. The van der Waals surface area contributed by atoms with Gasteiger partial charge in [-0.1, -0.05) is 25.1 Å². The zero-order valence-electron chi connectivity index (χ0n) is 14.3. The number of furan rings is 1. The topological polar surface area (TPSA) is 51.3 Å². The van der Waals surface area contributed by atoms with Gasteiger partial charge in [0.05, 0.1) is 24.3 Å². The maximum Gasteiger partial charge on any atom is 0.233 e. The summed E-state index contributed by atoms with van der Waals surface area (Å²) in [7, 11) is 1.80. The lowest BCUT2D eigenvalue weighted by Crippen LogP contribution is -2.27. The van der Waals surface area contributed by atoms with Crippen LogP contribution < -0.4 is 0 Å². The van der Waals surface area contributed by atoms with Crippen LogP contribution in [0.2, 0.25) is 0 Å². The van der Waals surface area contributed by atoms with Crippen molar-refractivity contribution in [3.8, 4) is 0 Å². The maximum absolute atomic E-state index is 12.3. The van der Waals surface area contributed by atoms with Crippen LogP contribution in [0.4, 0.5) is 0 Å². The molecule has 0 spiro atoms. The second-order valence-corrected chi connectivity index (χ2v) is 6.63. The van der Waals surface area contributed by atoms with E-state index < -0.39 is 0 Å². The summed E-state index contributed by atoms with van der Waals surface area (Å²) in [5.74, 6) is 1.26. The highest BCUT2D eigenvalue weighted by molar-refractivity contribution is 7.99. The lowest BCUT2D eigenvalue weighted by atomic mass is 10.3. The van der Waals surface area contributed by atoms with Crippen molar-refractivity contribution in [1.82, 2.24) is 14.5 Å². The van der Waals surface area contributed by atoms with E-state index in [1.165, 1.54) is 17.5 Å². The molecule has 0 radical (unpaired) electrons. The summed E-state index contributed by atoms with van der Waals surface area (Å²) >= 11 is 1.51. The molecule has 2 aromatic rings. The average molecular weight is 335 g/mol. The molecule has 2 aromatic heterocycles. The molecule has 0 N–H and O–H groups in total. The van der Waals surface area contributed by atoms with E-state index in [1.54, 1.807) is 18.2 Å². The van der Waals surface area contributed by atoms with Gasteiger partial charge < -0.3 is 13.9 Å². The molecule has 5 nitrogen and oxygen atoms in total. The largest absolute Gasteiger partial charge is 0.467 e. The zero-order valence-corrected chi connectivity index (χ0v) is 15.2. The Morgan fingerprint density at radius 3 is 2.87 bits per heavy atom. The number of carbonyl (C=O) groups is 1. The van der Waals surface area contributed by atoms with E-state index in [4.69, 9.17) is 4.42 Å². The van der Waals surface area contributed by atoms with Crippen molar-refractivity contribution >= 4 is 17.7 Å². The molecule has 6 heteroatoms. The number of thioether (sulfide) groups is 1. The molecule has 0 saturated heterocycles. The standard InChI is InChI=1S/C17H25N3O2S/c1-5-6-9-20-14(3)13(2)18-17(20)23-12-16(21)19(4)11-15-8-7-10-22-15/h7-8,10H,5-6,9,11-12H2,1-4H3. The molecule has 1 amide bonds. The van der Waals surface area contributed by atoms with E-state index in [0.717, 1.165) is 36.0 Å². The van der Waals surface area contributed by atoms with Crippen molar-refractivity contribution in [1.29, 1.82) is 0 Å². The summed E-state index contributed by atoms with van der Waals surface area (Å²) in [6.45, 7) is 7.75. The van der Waals surface area contributed by atoms with Crippen LogP contribution in [0.15, 0.2) is 28.0 Å². The number of hydrogen-bond donors (Lipinski definition) is 0. The van der Waals surface area contributed by atoms with E-state index in [0.29, 0.717) is 12.3 Å². The third-order valence-electron chi connectivity index (χ3n) is 3.88. The average Bonchev–Trinajstić information content (AvgIpc) is 3.12. The first-order valence-electron chi connectivity index (χ1n) is 7.95. The molecule has 0 aromatic carbocycles. The molecule has 0 fully saturated rings. The number of aryl methyl sites for hydroxylation is 1. The summed E-state index contributed by atoms with van der Waals surface area (Å²) < 4.78 is 7.51. The number of unbranched alkanes of at least 4 members (excludes halogenated alkanes) is 1. The zero-order chi connectivity index (χ0) is 16.8. The fourth-order valence-electron chi connectivity index (χ4n) is 2.27. The Bertz CT molecular complexity index is 635. The SMILES string of the molecule is CCCCn1c(SCC(=O)N(C)Cc2ccco2)nc(C)c1C. The Morgan fingerprint density at radius 1 is 1.43 bits per heavy atom. The number of aromatic nitrogens is 2. The van der Waals surface area contributed by atoms with Crippen LogP contribution in [-0.2, 0) is 17.9 Å². The lowest BCUT2D eigenvalue weighted by molar-refractivity contribution is -0.127. The monoisotopic (exact) mass is 335 g/mol. The van der Waals surface area contributed by atoms with Gasteiger partial charge in [0.1, 0.15) is 5.76 Å². The Balaban J connectivity index is 1.94. The highest BCUT2D eigenvalue weighted by Crippen LogP contribution is 2.22. The first-order valence-corrected chi connectivity index (χ1v) is 8.94. The van der Waals surface area contributed by atoms with Crippen LogP contribution in [0.5, 0.6) is 0 Å². The predicted molar refractivity (Wildman–Crippen MR) is 92.5 cm³/mol. The first-order chi connectivity index (χ1) is 11.0. The van der Waals surface area contributed by atoms with Crippen LogP contribution in [0.25, 0.3) is 0 Å². The molecule has 2 heterocycles. The fourth-order valence-corrected chi connectivity index (χ4v) is 3.33. The lowest BCUT2D eigenvalue weighted by Gasteiger charge is -2.15. The molecular weight excluding hydrogens is 310 g/mol. The van der Waals surface area contributed by atoms with Gasteiger partial charge in [-0.3, -0.25) is 4.79 Å². The Morgan fingerprint density at radius 2 is 2.22 bits per heavy atom. The van der Waals surface area contributed by atoms with E-state index in [2.05, 4.69) is 23.4 Å². The third kappa shape index (κ3) is 4.64. The van der Waals surface area contributed by atoms with E-state index in [9.17, 15) is 4.79 Å². The minimum Gasteiger partial charge on any atom is -0.467 e. The van der Waals surface area contributed by atoms with Crippen molar-refractivity contribution in [3.05, 3.63) is 35.5 Å². The number of rotatable bonds is 8. The van der Waals surface area contributed by atoms with Crippen molar-refractivity contribution < 1.29 is 9.21 Å². The van der Waals surface area contributed by atoms with Gasteiger partial charge in [-0.15, -0.1) is 0 Å². The van der Waals surface area contributed by atoms with Gasteiger partial charge in [0.15, 0.2) is 5.16 Å². The molecule has 0 aliphatic carbocycles. The number of carbonyl (C=O) groups excluding carboxylic acids is 1. The van der Waals surface area contributed by atoms with Gasteiger partial charge in [0, 0.05) is 19.3 Å². The van der Waals surface area contributed by atoms with Crippen molar-refractivity contribution in [2.45, 2.75) is 51.9 Å². The van der Waals surface area contributed by atoms with Gasteiger partial charge in [-0.2, -0.15) is 0 Å². The maximum atomic E-state index is 12.3. The minimum atomic E-state index is 0.0757. The molecular formula is C17H25N3O2S. The van der Waals surface area contributed by atoms with Crippen LogP contribution in [0.3, 0.4) is 0 Å². The normalized spacial score (nSPS) is 11.0. The van der Waals surface area contributed by atoms with E-state index in [1.807, 2.05) is 19.1 Å². The third-order valence-corrected chi connectivity index (χ3v) is 4.84. The van der Waals surface area contributed by atoms with Gasteiger partial charge >= 0.3 is 0 Å². The summed E-state index contributed by atoms with van der Waals surface area (Å²) in [6, 6.07) is 3.71. The first kappa shape index (κ1) is 17.7. The number of nitrogens with zero attached hydrogens (tertiary/aromatic N) is 3. The van der Waals surface area contributed by atoms with Crippen molar-refractivity contribution in [3.63, 3.8) is 0 Å². The molecule has 23 heavy (non-hydrogen) atoms. The van der Waals surface area contributed by atoms with Gasteiger partial charge in [-0.05, 0) is 32.4 Å². The van der Waals surface area contributed by atoms with E-state index >= 15 is 0 Å². The molecule has 0 bridgehead atoms. The van der Waals surface area contributed by atoms with Crippen molar-refractivity contribution in [2.75, 3.05) is 12.8 Å². The highest BCUT2D eigenvalue weighted by atomic mass is 32.2. The Labute approximate surface area is 142 Å². The molecule has 0 atom stereocenters. The number of imidazole rings is 1. The second kappa shape index (κ2) is 8.24. The fraction of sp³-hybridized carbons (Fsp3) is 0.529. The summed E-state index contributed by atoms with van der Waals surface area (Å²) in [4.78, 5) is 18.6. The smallest absolute Gasteiger partial charge is 0.233 e. The number of amides is 1. The van der Waals surface area contributed by atoms with Crippen molar-refractivity contribution in [2.24, 2.45) is 0 Å². The molecule has 2 rings (SSSR count). The number of hydrogen-bond acceptors (Lipinski definition) is 4. The quantitative estimate of drug-likeness (QED) is 0.691. The van der Waals surface area contributed by atoms with Gasteiger partial charge in [0.2, 0.25) is 5.91 Å². The highest BCUT2D eigenvalue weighted by Gasteiger charge is 2.15. The van der Waals surface area contributed by atoms with Gasteiger partial charge in [0.25, 0.3) is 0 Å². The minimum absolute atomic E-state index is 0.0757. The Kier molecular flexibility index (Phi) is 6.33. The van der Waals surface area contributed by atoms with Crippen LogP contribution in [-0.4, -0.2) is 33.2 Å². The molecule has 0 saturated carbocycles. The molecule has 126 valence electrons. The van der Waals surface area contributed by atoms with E-state index in [-0.39, 0.29) is 5.91 Å². The summed E-state index contributed by atoms with van der Waals surface area (Å²) in [5.41, 5.74) is 2.23. The second-order valence-electron chi connectivity index (χ2n) is 5.69. The summed E-state index contributed by atoms with van der Waals surface area (Å²) in [5, 5.41) is 0.938. The molecule has 0 aliphatic heterocycles. The van der Waals surface area contributed by atoms with Crippen LogP contribution in [0.1, 0.15) is 36.9 Å². The Hall–Kier alpha value is -1.69. The predicted octanol–water partition coefficient (Wildman–Crippen LogP) is 3.64. The molecule has 0 unspecified atom stereocenters. The van der Waals surface area contributed by atoms with Crippen LogP contribution >= 0.6 is 11.8 Å². The van der Waals surface area contributed by atoms with Gasteiger partial charge in [-0.25, -0.2) is 4.98 Å².